The highest BCUT2D eigenvalue weighted by atomic mass is 16.4. The standard InChI is InChI=1S/C10H13N5O3/c1-10(7(16)17)2-5-15(6-10)9(18)13-8-11-3-4-12-14-8/h3-4H,2,5-6H2,1H3,(H,16,17)(H,11,13,14,18). The number of carbonyl (C=O) groups excluding carboxylic acids is 1. The number of aromatic nitrogens is 3. The molecule has 0 spiro atoms. The van der Waals surface area contributed by atoms with E-state index in [4.69, 9.17) is 5.11 Å². The Hall–Kier alpha value is -2.25. The predicted molar refractivity (Wildman–Crippen MR) is 60.8 cm³/mol. The number of amides is 2. The van der Waals surface area contributed by atoms with E-state index in [0.717, 1.165) is 0 Å². The largest absolute Gasteiger partial charge is 0.481 e. The fourth-order valence-electron chi connectivity index (χ4n) is 1.79. The van der Waals surface area contributed by atoms with E-state index >= 15 is 0 Å². The zero-order chi connectivity index (χ0) is 13.2. The van der Waals surface area contributed by atoms with Gasteiger partial charge in [-0.2, -0.15) is 5.10 Å². The summed E-state index contributed by atoms with van der Waals surface area (Å²) < 4.78 is 0. The van der Waals surface area contributed by atoms with Gasteiger partial charge in [-0.1, -0.05) is 0 Å². The molecule has 2 rings (SSSR count). The molecule has 0 aliphatic carbocycles. The van der Waals surface area contributed by atoms with E-state index in [2.05, 4.69) is 20.5 Å². The number of urea groups is 1. The molecule has 2 N–H and O–H groups in total. The van der Waals surface area contributed by atoms with Gasteiger partial charge in [0.2, 0.25) is 0 Å². The van der Waals surface area contributed by atoms with Crippen molar-refractivity contribution >= 4 is 17.9 Å². The fraction of sp³-hybridized carbons (Fsp3) is 0.500. The summed E-state index contributed by atoms with van der Waals surface area (Å²) in [5, 5.41) is 18.7. The zero-order valence-corrected chi connectivity index (χ0v) is 9.83. The molecule has 1 saturated heterocycles. The Kier molecular flexibility index (Phi) is 3.09. The van der Waals surface area contributed by atoms with Crippen molar-refractivity contribution in [3.8, 4) is 0 Å². The van der Waals surface area contributed by atoms with Crippen molar-refractivity contribution in [1.82, 2.24) is 20.1 Å². The van der Waals surface area contributed by atoms with Crippen molar-refractivity contribution in [2.75, 3.05) is 18.4 Å². The maximum absolute atomic E-state index is 11.8. The van der Waals surface area contributed by atoms with Gasteiger partial charge in [-0.25, -0.2) is 9.78 Å². The molecule has 1 fully saturated rings. The quantitative estimate of drug-likeness (QED) is 0.777. The van der Waals surface area contributed by atoms with E-state index < -0.39 is 17.4 Å². The van der Waals surface area contributed by atoms with Crippen LogP contribution in [0, 0.1) is 5.41 Å². The van der Waals surface area contributed by atoms with Crippen LogP contribution in [0.15, 0.2) is 12.4 Å². The van der Waals surface area contributed by atoms with Crippen molar-refractivity contribution in [3.05, 3.63) is 12.4 Å². The van der Waals surface area contributed by atoms with E-state index in [0.29, 0.717) is 13.0 Å². The summed E-state index contributed by atoms with van der Waals surface area (Å²) in [6, 6.07) is -0.409. The Morgan fingerprint density at radius 2 is 2.28 bits per heavy atom. The topological polar surface area (TPSA) is 108 Å². The first-order chi connectivity index (χ1) is 8.51. The van der Waals surface area contributed by atoms with Crippen LogP contribution in [0.25, 0.3) is 0 Å². The Morgan fingerprint density at radius 3 is 2.83 bits per heavy atom. The Balaban J connectivity index is 1.98. The second-order valence-corrected chi connectivity index (χ2v) is 4.43. The van der Waals surface area contributed by atoms with Crippen molar-refractivity contribution in [2.45, 2.75) is 13.3 Å². The van der Waals surface area contributed by atoms with Gasteiger partial charge in [0.05, 0.1) is 17.8 Å². The van der Waals surface area contributed by atoms with Crippen LogP contribution in [0.1, 0.15) is 13.3 Å². The Bertz CT molecular complexity index is 466. The minimum absolute atomic E-state index is 0.103. The van der Waals surface area contributed by atoms with Gasteiger partial charge in [-0.15, -0.1) is 5.10 Å². The average molecular weight is 251 g/mol. The van der Waals surface area contributed by atoms with E-state index in [1.807, 2.05) is 0 Å². The van der Waals surface area contributed by atoms with Crippen molar-refractivity contribution in [2.24, 2.45) is 5.41 Å². The summed E-state index contributed by atoms with van der Waals surface area (Å²) in [6.45, 7) is 2.20. The third-order valence-corrected chi connectivity index (χ3v) is 2.98. The van der Waals surface area contributed by atoms with Crippen LogP contribution in [0.2, 0.25) is 0 Å². The number of carboxylic acid groups (broad SMARTS) is 1. The number of anilines is 1. The number of nitrogens with one attached hydrogen (secondary N) is 1. The van der Waals surface area contributed by atoms with E-state index in [1.54, 1.807) is 6.92 Å². The van der Waals surface area contributed by atoms with Gasteiger partial charge < -0.3 is 10.0 Å². The highest BCUT2D eigenvalue weighted by Gasteiger charge is 2.42. The first-order valence-corrected chi connectivity index (χ1v) is 5.44. The molecular formula is C10H13N5O3. The van der Waals surface area contributed by atoms with Crippen LogP contribution in [-0.4, -0.2) is 50.3 Å². The van der Waals surface area contributed by atoms with E-state index in [1.165, 1.54) is 17.3 Å². The van der Waals surface area contributed by atoms with Gasteiger partial charge in [-0.3, -0.25) is 10.1 Å². The Labute approximate surface area is 103 Å². The lowest BCUT2D eigenvalue weighted by atomic mass is 9.90. The van der Waals surface area contributed by atoms with E-state index in [9.17, 15) is 9.59 Å². The van der Waals surface area contributed by atoms with Gasteiger partial charge in [0.15, 0.2) is 0 Å². The lowest BCUT2D eigenvalue weighted by molar-refractivity contribution is -0.146. The van der Waals surface area contributed by atoms with Crippen molar-refractivity contribution in [1.29, 1.82) is 0 Å². The summed E-state index contributed by atoms with van der Waals surface area (Å²) >= 11 is 0. The predicted octanol–water partition coefficient (Wildman–Crippen LogP) is 0.200. The molecule has 0 bridgehead atoms. The van der Waals surface area contributed by atoms with Crippen LogP contribution < -0.4 is 5.32 Å². The van der Waals surface area contributed by atoms with Crippen LogP contribution in [-0.2, 0) is 4.79 Å². The molecule has 0 aromatic carbocycles. The summed E-state index contributed by atoms with van der Waals surface area (Å²) in [6.07, 6.45) is 3.24. The highest BCUT2D eigenvalue weighted by molar-refractivity contribution is 5.88. The highest BCUT2D eigenvalue weighted by Crippen LogP contribution is 2.30. The van der Waals surface area contributed by atoms with Gasteiger partial charge in [-0.05, 0) is 13.3 Å². The molecule has 1 atom stereocenters. The number of carboxylic acids is 1. The van der Waals surface area contributed by atoms with Crippen LogP contribution >= 0.6 is 0 Å². The molecular weight excluding hydrogens is 238 g/mol. The van der Waals surface area contributed by atoms with Gasteiger partial charge in [0.25, 0.3) is 5.95 Å². The minimum atomic E-state index is -0.893. The number of hydrogen-bond donors (Lipinski definition) is 2. The van der Waals surface area contributed by atoms with Gasteiger partial charge in [0, 0.05) is 13.1 Å². The second-order valence-electron chi connectivity index (χ2n) is 4.43. The third kappa shape index (κ3) is 2.36. The second kappa shape index (κ2) is 4.55. The fourth-order valence-corrected chi connectivity index (χ4v) is 1.79. The molecule has 8 heteroatoms. The van der Waals surface area contributed by atoms with Gasteiger partial charge in [0.1, 0.15) is 0 Å². The zero-order valence-electron chi connectivity index (χ0n) is 9.83. The van der Waals surface area contributed by atoms with Crippen LogP contribution in [0.4, 0.5) is 10.7 Å². The average Bonchev–Trinajstić information content (AvgIpc) is 2.75. The molecule has 0 radical (unpaired) electrons. The molecule has 96 valence electrons. The minimum Gasteiger partial charge on any atom is -0.481 e. The molecule has 1 aliphatic rings. The number of rotatable bonds is 2. The van der Waals surface area contributed by atoms with Crippen LogP contribution in [0.5, 0.6) is 0 Å². The maximum atomic E-state index is 11.8. The number of carbonyl (C=O) groups is 2. The number of hydrogen-bond acceptors (Lipinski definition) is 5. The number of nitrogens with zero attached hydrogens (tertiary/aromatic N) is 4. The summed E-state index contributed by atoms with van der Waals surface area (Å²) in [7, 11) is 0. The lowest BCUT2D eigenvalue weighted by Crippen LogP contribution is -2.37. The molecule has 18 heavy (non-hydrogen) atoms. The molecule has 1 aromatic heterocycles. The molecule has 1 unspecified atom stereocenters. The number of aliphatic carboxylic acids is 1. The van der Waals surface area contributed by atoms with Gasteiger partial charge >= 0.3 is 12.0 Å². The lowest BCUT2D eigenvalue weighted by Gasteiger charge is -2.19. The summed E-state index contributed by atoms with van der Waals surface area (Å²) in [5.74, 6) is -0.790. The summed E-state index contributed by atoms with van der Waals surface area (Å²) in [5.41, 5.74) is -0.882. The molecule has 2 heterocycles. The molecule has 1 aromatic rings. The molecule has 8 nitrogen and oxygen atoms in total. The number of likely N-dealkylation sites (tertiary alicyclic amines) is 1. The first-order valence-electron chi connectivity index (χ1n) is 5.44. The SMILES string of the molecule is CC1(C(=O)O)CCN(C(=O)Nc2nccnn2)C1. The normalized spacial score (nSPS) is 22.8. The van der Waals surface area contributed by atoms with Crippen molar-refractivity contribution in [3.63, 3.8) is 0 Å². The van der Waals surface area contributed by atoms with E-state index in [-0.39, 0.29) is 12.5 Å². The smallest absolute Gasteiger partial charge is 0.324 e. The first kappa shape index (κ1) is 12.2. The maximum Gasteiger partial charge on any atom is 0.324 e. The third-order valence-electron chi connectivity index (χ3n) is 2.98. The molecule has 1 aliphatic heterocycles. The monoisotopic (exact) mass is 251 g/mol. The Morgan fingerprint density at radius 1 is 1.50 bits per heavy atom. The molecule has 2 amide bonds. The van der Waals surface area contributed by atoms with Crippen LogP contribution in [0.3, 0.4) is 0 Å². The molecule has 0 saturated carbocycles. The van der Waals surface area contributed by atoms with Crippen molar-refractivity contribution < 1.29 is 14.7 Å². The summed E-state index contributed by atoms with van der Waals surface area (Å²) in [4.78, 5) is 28.1.